The zero-order valence-electron chi connectivity index (χ0n) is 12.1. The van der Waals surface area contributed by atoms with E-state index in [1.165, 1.54) is 12.1 Å². The van der Waals surface area contributed by atoms with E-state index in [-0.39, 0.29) is 23.1 Å². The second kappa shape index (κ2) is 7.17. The predicted molar refractivity (Wildman–Crippen MR) is 83.8 cm³/mol. The molecule has 0 atom stereocenters. The van der Waals surface area contributed by atoms with Crippen LogP contribution in [0.4, 0.5) is 0 Å². The number of carbonyl (C=O) groups is 3. The summed E-state index contributed by atoms with van der Waals surface area (Å²) in [5.41, 5.74) is 0.411. The highest BCUT2D eigenvalue weighted by Crippen LogP contribution is 2.23. The number of carbonyl (C=O) groups excluding carboxylic acids is 1. The lowest BCUT2D eigenvalue weighted by atomic mass is 9.92. The minimum absolute atomic E-state index is 0.0422. The third-order valence-corrected chi connectivity index (χ3v) is 3.27. The number of Topliss-reactive ketones (excluding diaryl/α,β-unsaturated/α-hetero) is 1. The molecule has 0 aliphatic heterocycles. The Hall–Kier alpha value is -3.21. The third kappa shape index (κ3) is 3.91. The first kappa shape index (κ1) is 16.2. The molecule has 0 spiro atoms. The summed E-state index contributed by atoms with van der Waals surface area (Å²) in [4.78, 5) is 34.8. The molecule has 0 bridgehead atoms. The molecule has 2 rings (SSSR count). The fourth-order valence-corrected chi connectivity index (χ4v) is 2.23. The quantitative estimate of drug-likeness (QED) is 0.631. The molecule has 0 radical (unpaired) electrons. The molecular weight excluding hydrogens is 296 g/mol. The van der Waals surface area contributed by atoms with Crippen LogP contribution >= 0.6 is 0 Å². The van der Waals surface area contributed by atoms with Crippen molar-refractivity contribution >= 4 is 23.3 Å². The Morgan fingerprint density at radius 1 is 0.739 bits per heavy atom. The van der Waals surface area contributed by atoms with Crippen LogP contribution in [0.25, 0.3) is 5.57 Å². The van der Waals surface area contributed by atoms with Crippen molar-refractivity contribution in [1.82, 2.24) is 0 Å². The first-order valence-electron chi connectivity index (χ1n) is 6.84. The van der Waals surface area contributed by atoms with Gasteiger partial charge in [0.2, 0.25) is 0 Å². The van der Waals surface area contributed by atoms with Gasteiger partial charge in [-0.2, -0.15) is 0 Å². The molecule has 2 aromatic carbocycles. The normalized spacial score (nSPS) is 11.5. The van der Waals surface area contributed by atoms with E-state index in [0.717, 1.165) is 0 Å². The van der Waals surface area contributed by atoms with E-state index in [0.29, 0.717) is 5.56 Å². The summed E-state index contributed by atoms with van der Waals surface area (Å²) in [5, 5.41) is 18.5. The van der Waals surface area contributed by atoms with E-state index >= 15 is 0 Å². The molecule has 5 heteroatoms. The van der Waals surface area contributed by atoms with Gasteiger partial charge in [-0.25, -0.2) is 9.59 Å². The first-order chi connectivity index (χ1) is 11.0. The summed E-state index contributed by atoms with van der Waals surface area (Å²) in [6, 6.07) is 16.7. The van der Waals surface area contributed by atoms with Gasteiger partial charge in [-0.3, -0.25) is 4.79 Å². The fraction of sp³-hybridized carbons (Fsp3) is 0.0556. The van der Waals surface area contributed by atoms with Crippen LogP contribution in [0.15, 0.2) is 66.2 Å². The van der Waals surface area contributed by atoms with Crippen molar-refractivity contribution in [2.24, 2.45) is 0 Å². The number of hydrogen-bond donors (Lipinski definition) is 2. The highest BCUT2D eigenvalue weighted by atomic mass is 16.4. The minimum atomic E-state index is -1.68. The molecule has 0 unspecified atom stereocenters. The van der Waals surface area contributed by atoms with E-state index in [9.17, 15) is 19.5 Å². The van der Waals surface area contributed by atoms with Crippen LogP contribution in [0.1, 0.15) is 11.1 Å². The largest absolute Gasteiger partial charge is 0.478 e. The maximum atomic E-state index is 12.1. The second-order valence-electron chi connectivity index (χ2n) is 4.82. The Balaban J connectivity index is 2.62. The monoisotopic (exact) mass is 310 g/mol. The Kier molecular flexibility index (Phi) is 5.04. The van der Waals surface area contributed by atoms with Gasteiger partial charge in [-0.15, -0.1) is 0 Å². The molecule has 0 saturated heterocycles. The summed E-state index contributed by atoms with van der Waals surface area (Å²) in [5.74, 6) is -4.23. The van der Waals surface area contributed by atoms with Crippen LogP contribution in [-0.4, -0.2) is 27.9 Å². The molecule has 0 aliphatic carbocycles. The maximum Gasteiger partial charge on any atom is 0.377 e. The van der Waals surface area contributed by atoms with Gasteiger partial charge < -0.3 is 10.2 Å². The predicted octanol–water partition coefficient (Wildman–Crippen LogP) is 2.42. The van der Waals surface area contributed by atoms with Crippen molar-refractivity contribution < 1.29 is 24.6 Å². The topological polar surface area (TPSA) is 91.7 Å². The molecule has 23 heavy (non-hydrogen) atoms. The Morgan fingerprint density at radius 2 is 1.26 bits per heavy atom. The van der Waals surface area contributed by atoms with E-state index in [2.05, 4.69) is 0 Å². The van der Waals surface area contributed by atoms with Gasteiger partial charge in [-0.05, 0) is 11.1 Å². The summed E-state index contributed by atoms with van der Waals surface area (Å²) >= 11 is 0. The molecule has 0 amide bonds. The van der Waals surface area contributed by atoms with Gasteiger partial charge in [-0.1, -0.05) is 60.7 Å². The number of benzene rings is 2. The standard InChI is InChI=1S/C18H14O5/c19-16(18(22)23)15(13-9-5-2-6-10-13)14(17(20)21)11-12-7-3-1-4-8-12/h1-10H,11H2,(H,20,21)(H,22,23)/b15-14+. The molecule has 2 aromatic rings. The summed E-state index contributed by atoms with van der Waals surface area (Å²) < 4.78 is 0. The maximum absolute atomic E-state index is 12.1. The van der Waals surface area contributed by atoms with E-state index in [1.807, 2.05) is 0 Å². The smallest absolute Gasteiger partial charge is 0.377 e. The molecule has 2 N–H and O–H groups in total. The summed E-state index contributed by atoms with van der Waals surface area (Å²) in [7, 11) is 0. The molecule has 116 valence electrons. The molecular formula is C18H14O5. The molecule has 5 nitrogen and oxygen atoms in total. The zero-order valence-corrected chi connectivity index (χ0v) is 12.1. The zero-order chi connectivity index (χ0) is 16.8. The van der Waals surface area contributed by atoms with Crippen LogP contribution in [0.5, 0.6) is 0 Å². The fourth-order valence-electron chi connectivity index (χ4n) is 2.23. The number of carboxylic acid groups (broad SMARTS) is 2. The highest BCUT2D eigenvalue weighted by Gasteiger charge is 2.26. The SMILES string of the molecule is O=C(O)C(=O)/C(=C(\Cc1ccccc1)C(=O)O)c1ccccc1. The van der Waals surface area contributed by atoms with Crippen molar-refractivity contribution in [1.29, 1.82) is 0 Å². The average molecular weight is 310 g/mol. The Labute approximate surface area is 132 Å². The van der Waals surface area contributed by atoms with Gasteiger partial charge >= 0.3 is 11.9 Å². The van der Waals surface area contributed by atoms with E-state index in [1.54, 1.807) is 48.5 Å². The first-order valence-corrected chi connectivity index (χ1v) is 6.84. The van der Waals surface area contributed by atoms with Gasteiger partial charge in [0, 0.05) is 12.0 Å². The number of hydrogen-bond acceptors (Lipinski definition) is 3. The molecule has 0 aromatic heterocycles. The van der Waals surface area contributed by atoms with Crippen molar-refractivity contribution in [2.45, 2.75) is 6.42 Å². The van der Waals surface area contributed by atoms with Crippen LogP contribution in [0.2, 0.25) is 0 Å². The van der Waals surface area contributed by atoms with Crippen molar-refractivity contribution in [2.75, 3.05) is 0 Å². The number of aliphatic carboxylic acids is 2. The second-order valence-corrected chi connectivity index (χ2v) is 4.82. The summed E-state index contributed by atoms with van der Waals surface area (Å²) in [6.45, 7) is 0. The van der Waals surface area contributed by atoms with Gasteiger partial charge in [0.15, 0.2) is 0 Å². The Morgan fingerprint density at radius 3 is 1.74 bits per heavy atom. The highest BCUT2D eigenvalue weighted by molar-refractivity contribution is 6.52. The number of ketones is 1. The Bertz CT molecular complexity index is 761. The lowest BCUT2D eigenvalue weighted by Crippen LogP contribution is -2.19. The van der Waals surface area contributed by atoms with Crippen LogP contribution in [0.3, 0.4) is 0 Å². The van der Waals surface area contributed by atoms with E-state index < -0.39 is 17.7 Å². The summed E-state index contributed by atoms with van der Waals surface area (Å²) in [6.07, 6.45) is -0.0422. The third-order valence-electron chi connectivity index (χ3n) is 3.27. The lowest BCUT2D eigenvalue weighted by Gasteiger charge is -2.11. The van der Waals surface area contributed by atoms with Gasteiger partial charge in [0.05, 0.1) is 5.57 Å². The van der Waals surface area contributed by atoms with Crippen LogP contribution < -0.4 is 0 Å². The van der Waals surface area contributed by atoms with Crippen molar-refractivity contribution in [3.05, 3.63) is 77.4 Å². The van der Waals surface area contributed by atoms with Crippen LogP contribution in [-0.2, 0) is 20.8 Å². The van der Waals surface area contributed by atoms with Gasteiger partial charge in [0.25, 0.3) is 5.78 Å². The molecule has 0 heterocycles. The van der Waals surface area contributed by atoms with Crippen molar-refractivity contribution in [3.63, 3.8) is 0 Å². The minimum Gasteiger partial charge on any atom is -0.478 e. The van der Waals surface area contributed by atoms with E-state index in [4.69, 9.17) is 5.11 Å². The average Bonchev–Trinajstić information content (AvgIpc) is 2.55. The molecule has 0 saturated carbocycles. The molecule has 0 aliphatic rings. The van der Waals surface area contributed by atoms with Crippen LogP contribution in [0, 0.1) is 0 Å². The number of carboxylic acids is 2. The van der Waals surface area contributed by atoms with Crippen molar-refractivity contribution in [3.8, 4) is 0 Å². The number of rotatable bonds is 6. The van der Waals surface area contributed by atoms with Gasteiger partial charge in [0.1, 0.15) is 0 Å². The lowest BCUT2D eigenvalue weighted by molar-refractivity contribution is -0.146. The molecule has 0 fully saturated rings.